The zero-order valence-corrected chi connectivity index (χ0v) is 12.9. The number of nitrogens with one attached hydrogen (secondary N) is 1. The molecule has 2 heterocycles. The van der Waals surface area contributed by atoms with Crippen LogP contribution in [0.15, 0.2) is 18.5 Å². The van der Waals surface area contributed by atoms with Crippen molar-refractivity contribution in [3.63, 3.8) is 0 Å². The molecule has 1 aliphatic rings. The second-order valence-corrected chi connectivity index (χ2v) is 5.65. The van der Waals surface area contributed by atoms with Crippen molar-refractivity contribution in [2.45, 2.75) is 32.7 Å². The molecule has 1 N–H and O–H groups in total. The number of hydrogen-bond donors (Lipinski definition) is 1. The number of rotatable bonds is 8. The summed E-state index contributed by atoms with van der Waals surface area (Å²) in [5, 5.41) is 3.48. The van der Waals surface area contributed by atoms with E-state index in [-0.39, 0.29) is 0 Å². The average molecular weight is 276 g/mol. The lowest BCUT2D eigenvalue weighted by Gasteiger charge is -2.25. The van der Waals surface area contributed by atoms with Crippen LogP contribution in [0.2, 0.25) is 0 Å². The summed E-state index contributed by atoms with van der Waals surface area (Å²) in [6.45, 7) is 8.97. The van der Waals surface area contributed by atoms with Crippen molar-refractivity contribution in [1.29, 1.82) is 0 Å². The van der Waals surface area contributed by atoms with Gasteiger partial charge in [0.1, 0.15) is 0 Å². The molecule has 0 atom stereocenters. The third kappa shape index (κ3) is 4.46. The van der Waals surface area contributed by atoms with Gasteiger partial charge in [-0.2, -0.15) is 0 Å². The van der Waals surface area contributed by atoms with Crippen LogP contribution in [0.5, 0.6) is 0 Å². The topological polar surface area (TPSA) is 31.4 Å². The maximum atomic E-state index is 4.29. The fraction of sp³-hybridized carbons (Fsp3) is 0.688. The minimum atomic E-state index is 0.930. The molecule has 1 aromatic heterocycles. The first-order valence-electron chi connectivity index (χ1n) is 7.88. The molecule has 0 saturated carbocycles. The summed E-state index contributed by atoms with van der Waals surface area (Å²) in [5.41, 5.74) is 2.60. The quantitative estimate of drug-likeness (QED) is 0.737. The predicted octanol–water partition coefficient (Wildman–Crippen LogP) is 2.11. The molecule has 1 aliphatic heterocycles. The zero-order valence-electron chi connectivity index (χ0n) is 12.9. The highest BCUT2D eigenvalue weighted by molar-refractivity contribution is 5.50. The van der Waals surface area contributed by atoms with Crippen LogP contribution in [0.3, 0.4) is 0 Å². The van der Waals surface area contributed by atoms with Gasteiger partial charge in [-0.3, -0.25) is 4.98 Å². The van der Waals surface area contributed by atoms with Gasteiger partial charge in [0.2, 0.25) is 0 Å². The largest absolute Gasteiger partial charge is 0.372 e. The Morgan fingerprint density at radius 2 is 2.15 bits per heavy atom. The minimum absolute atomic E-state index is 0.930. The van der Waals surface area contributed by atoms with Crippen molar-refractivity contribution < 1.29 is 0 Å². The number of pyridine rings is 1. The Hall–Kier alpha value is -1.13. The number of nitrogens with zero attached hydrogens (tertiary/aromatic N) is 3. The van der Waals surface area contributed by atoms with E-state index in [1.54, 1.807) is 0 Å². The Morgan fingerprint density at radius 1 is 1.35 bits per heavy atom. The maximum Gasteiger partial charge on any atom is 0.0596 e. The Bertz CT molecular complexity index is 388. The van der Waals surface area contributed by atoms with Crippen LogP contribution in [-0.4, -0.2) is 49.7 Å². The number of hydrogen-bond acceptors (Lipinski definition) is 4. The van der Waals surface area contributed by atoms with Crippen molar-refractivity contribution in [2.75, 3.05) is 44.7 Å². The molecule has 4 heteroatoms. The Balaban J connectivity index is 1.88. The number of anilines is 1. The van der Waals surface area contributed by atoms with Gasteiger partial charge in [0, 0.05) is 32.9 Å². The number of aromatic nitrogens is 1. The maximum absolute atomic E-state index is 4.29. The molecule has 4 nitrogen and oxygen atoms in total. The molecule has 20 heavy (non-hydrogen) atoms. The van der Waals surface area contributed by atoms with Gasteiger partial charge in [-0.05, 0) is 50.5 Å². The monoisotopic (exact) mass is 276 g/mol. The van der Waals surface area contributed by atoms with Gasteiger partial charge in [-0.15, -0.1) is 0 Å². The summed E-state index contributed by atoms with van der Waals surface area (Å²) < 4.78 is 0. The average Bonchev–Trinajstić information content (AvgIpc) is 2.99. The second kappa shape index (κ2) is 8.22. The molecule has 0 unspecified atom stereocenters. The van der Waals surface area contributed by atoms with Crippen LogP contribution in [0.25, 0.3) is 0 Å². The van der Waals surface area contributed by atoms with Crippen LogP contribution >= 0.6 is 0 Å². The van der Waals surface area contributed by atoms with Crippen LogP contribution in [0.4, 0.5) is 5.69 Å². The fourth-order valence-corrected chi connectivity index (χ4v) is 2.73. The lowest BCUT2D eigenvalue weighted by molar-refractivity contribution is 0.346. The number of likely N-dealkylation sites (tertiary alicyclic amines) is 1. The van der Waals surface area contributed by atoms with Gasteiger partial charge in [-0.25, -0.2) is 0 Å². The molecule has 0 spiro atoms. The molecule has 0 amide bonds. The summed E-state index contributed by atoms with van der Waals surface area (Å²) in [6, 6.07) is 2.13. The molecule has 0 bridgehead atoms. The minimum Gasteiger partial charge on any atom is -0.372 e. The van der Waals surface area contributed by atoms with Gasteiger partial charge < -0.3 is 15.1 Å². The van der Waals surface area contributed by atoms with E-state index >= 15 is 0 Å². The smallest absolute Gasteiger partial charge is 0.0596 e. The van der Waals surface area contributed by atoms with Gasteiger partial charge in [0.15, 0.2) is 0 Å². The van der Waals surface area contributed by atoms with E-state index in [1.165, 1.54) is 43.6 Å². The van der Waals surface area contributed by atoms with Crippen molar-refractivity contribution in [1.82, 2.24) is 15.2 Å². The summed E-state index contributed by atoms with van der Waals surface area (Å²) in [5.74, 6) is 0. The molecule has 1 fully saturated rings. The molecule has 0 radical (unpaired) electrons. The molecule has 1 saturated heterocycles. The first-order chi connectivity index (χ1) is 9.81. The molecular weight excluding hydrogens is 248 g/mol. The molecule has 0 aliphatic carbocycles. The van der Waals surface area contributed by atoms with Crippen LogP contribution < -0.4 is 10.2 Å². The lowest BCUT2D eigenvalue weighted by atomic mass is 10.2. The lowest BCUT2D eigenvalue weighted by Crippen LogP contribution is -2.32. The number of likely N-dealkylation sites (N-methyl/N-ethyl adjacent to an activating group) is 1. The summed E-state index contributed by atoms with van der Waals surface area (Å²) >= 11 is 0. The van der Waals surface area contributed by atoms with Crippen molar-refractivity contribution in [2.24, 2.45) is 0 Å². The normalized spacial score (nSPS) is 15.7. The second-order valence-electron chi connectivity index (χ2n) is 5.65. The molecular formula is C16H28N4. The van der Waals surface area contributed by atoms with E-state index in [9.17, 15) is 0 Å². The SMILES string of the molecule is CCCNCc1ccncc1N(C)CCN1CCCC1. The van der Waals surface area contributed by atoms with E-state index in [2.05, 4.69) is 40.1 Å². The van der Waals surface area contributed by atoms with E-state index in [4.69, 9.17) is 0 Å². The van der Waals surface area contributed by atoms with E-state index in [0.29, 0.717) is 0 Å². The highest BCUT2D eigenvalue weighted by Crippen LogP contribution is 2.18. The molecule has 112 valence electrons. The highest BCUT2D eigenvalue weighted by atomic mass is 15.2. The molecule has 1 aromatic rings. The van der Waals surface area contributed by atoms with Crippen LogP contribution in [0.1, 0.15) is 31.7 Å². The van der Waals surface area contributed by atoms with E-state index in [1.807, 2.05) is 12.4 Å². The molecule has 2 rings (SSSR count). The summed E-state index contributed by atoms with van der Waals surface area (Å²) in [7, 11) is 2.18. The Morgan fingerprint density at radius 3 is 2.90 bits per heavy atom. The van der Waals surface area contributed by atoms with Crippen LogP contribution in [-0.2, 0) is 6.54 Å². The third-order valence-corrected chi connectivity index (χ3v) is 3.99. The van der Waals surface area contributed by atoms with Gasteiger partial charge >= 0.3 is 0 Å². The Kier molecular flexibility index (Phi) is 6.27. The predicted molar refractivity (Wildman–Crippen MR) is 85.2 cm³/mol. The third-order valence-electron chi connectivity index (χ3n) is 3.99. The Labute approximate surface area is 123 Å². The summed E-state index contributed by atoms with van der Waals surface area (Å²) in [4.78, 5) is 9.19. The fourth-order valence-electron chi connectivity index (χ4n) is 2.73. The summed E-state index contributed by atoms with van der Waals surface area (Å²) in [6.07, 6.45) is 7.78. The standard InChI is InChI=1S/C16H28N4/c1-3-7-17-13-15-6-8-18-14-16(15)19(2)11-12-20-9-4-5-10-20/h6,8,14,17H,3-5,7,9-13H2,1-2H3. The first kappa shape index (κ1) is 15.3. The highest BCUT2D eigenvalue weighted by Gasteiger charge is 2.13. The zero-order chi connectivity index (χ0) is 14.2. The van der Waals surface area contributed by atoms with Crippen molar-refractivity contribution in [3.8, 4) is 0 Å². The van der Waals surface area contributed by atoms with Gasteiger partial charge in [0.05, 0.1) is 11.9 Å². The van der Waals surface area contributed by atoms with Gasteiger partial charge in [-0.1, -0.05) is 6.92 Å². The van der Waals surface area contributed by atoms with Crippen molar-refractivity contribution >= 4 is 5.69 Å². The van der Waals surface area contributed by atoms with E-state index in [0.717, 1.165) is 26.2 Å². The first-order valence-corrected chi connectivity index (χ1v) is 7.88. The van der Waals surface area contributed by atoms with Crippen LogP contribution in [0, 0.1) is 0 Å². The van der Waals surface area contributed by atoms with E-state index < -0.39 is 0 Å². The van der Waals surface area contributed by atoms with Crippen molar-refractivity contribution in [3.05, 3.63) is 24.0 Å². The molecule has 0 aromatic carbocycles. The van der Waals surface area contributed by atoms with Gasteiger partial charge in [0.25, 0.3) is 0 Å².